The zero-order valence-corrected chi connectivity index (χ0v) is 15.8. The molecule has 4 nitrogen and oxygen atoms in total. The third kappa shape index (κ3) is 3.75. The number of nitrogens with zero attached hydrogens (tertiary/aromatic N) is 1. The van der Waals surface area contributed by atoms with E-state index in [1.807, 2.05) is 30.3 Å². The maximum atomic E-state index is 12.8. The molecule has 3 rings (SSSR count). The summed E-state index contributed by atoms with van der Waals surface area (Å²) in [7, 11) is 0. The lowest BCUT2D eigenvalue weighted by Crippen LogP contribution is -2.28. The summed E-state index contributed by atoms with van der Waals surface area (Å²) < 4.78 is 0. The number of benzene rings is 2. The average Bonchev–Trinajstić information content (AvgIpc) is 3.03. The third-order valence-electron chi connectivity index (χ3n) is 4.86. The molecule has 1 aliphatic heterocycles. The van der Waals surface area contributed by atoms with E-state index in [0.717, 1.165) is 35.3 Å². The number of para-hydroxylation sites is 1. The van der Waals surface area contributed by atoms with Crippen LogP contribution in [0.1, 0.15) is 31.4 Å². The second-order valence-electron chi connectivity index (χ2n) is 6.53. The molecule has 5 heteroatoms. The van der Waals surface area contributed by atoms with Crippen molar-refractivity contribution in [3.05, 3.63) is 58.6 Å². The van der Waals surface area contributed by atoms with Crippen LogP contribution in [0.25, 0.3) is 0 Å². The van der Waals surface area contributed by atoms with Crippen LogP contribution in [-0.4, -0.2) is 18.4 Å². The molecule has 1 N–H and O–H groups in total. The minimum atomic E-state index is -0.365. The van der Waals surface area contributed by atoms with E-state index in [1.54, 1.807) is 17.0 Å². The van der Waals surface area contributed by atoms with Gasteiger partial charge in [0.15, 0.2) is 0 Å². The van der Waals surface area contributed by atoms with E-state index in [-0.39, 0.29) is 24.2 Å². The lowest BCUT2D eigenvalue weighted by Gasteiger charge is -2.18. The topological polar surface area (TPSA) is 49.4 Å². The van der Waals surface area contributed by atoms with Gasteiger partial charge in [0.2, 0.25) is 11.8 Å². The number of carbonyl (C=O) groups is 2. The van der Waals surface area contributed by atoms with Gasteiger partial charge in [0.1, 0.15) is 0 Å². The Hall–Kier alpha value is -2.33. The van der Waals surface area contributed by atoms with E-state index in [9.17, 15) is 9.59 Å². The maximum absolute atomic E-state index is 12.8. The highest BCUT2D eigenvalue weighted by atomic mass is 35.5. The molecule has 1 heterocycles. The SMILES string of the molecule is CCc1cccc(CC)c1NC(=O)C1CC(=O)N(c2cccc(Cl)c2)C1. The Morgan fingerprint density at radius 2 is 1.81 bits per heavy atom. The van der Waals surface area contributed by atoms with Crippen LogP contribution >= 0.6 is 11.6 Å². The van der Waals surface area contributed by atoms with Crippen LogP contribution in [0.2, 0.25) is 5.02 Å². The van der Waals surface area contributed by atoms with Crippen LogP contribution in [0.4, 0.5) is 11.4 Å². The Kier molecular flexibility index (Phi) is 5.62. The molecule has 0 radical (unpaired) electrons. The first-order chi connectivity index (χ1) is 12.5. The molecule has 0 aromatic heterocycles. The molecular weight excluding hydrogens is 348 g/mol. The molecule has 0 aliphatic carbocycles. The molecule has 1 unspecified atom stereocenters. The van der Waals surface area contributed by atoms with Crippen LogP contribution < -0.4 is 10.2 Å². The Morgan fingerprint density at radius 1 is 1.15 bits per heavy atom. The summed E-state index contributed by atoms with van der Waals surface area (Å²) in [6.07, 6.45) is 1.91. The Bertz CT molecular complexity index is 812. The number of hydrogen-bond donors (Lipinski definition) is 1. The smallest absolute Gasteiger partial charge is 0.229 e. The summed E-state index contributed by atoms with van der Waals surface area (Å²) in [5.41, 5.74) is 3.87. The summed E-state index contributed by atoms with van der Waals surface area (Å²) in [5.74, 6) is -0.513. The molecule has 26 heavy (non-hydrogen) atoms. The van der Waals surface area contributed by atoms with Gasteiger partial charge in [-0.3, -0.25) is 9.59 Å². The van der Waals surface area contributed by atoms with Crippen molar-refractivity contribution in [3.63, 3.8) is 0 Å². The van der Waals surface area contributed by atoms with Crippen LogP contribution in [0, 0.1) is 5.92 Å². The average molecular weight is 371 g/mol. The van der Waals surface area contributed by atoms with Crippen LogP contribution in [0.3, 0.4) is 0 Å². The van der Waals surface area contributed by atoms with Gasteiger partial charge in [-0.15, -0.1) is 0 Å². The van der Waals surface area contributed by atoms with Crippen molar-refractivity contribution in [2.75, 3.05) is 16.8 Å². The number of amides is 2. The van der Waals surface area contributed by atoms with E-state index in [2.05, 4.69) is 19.2 Å². The predicted molar refractivity (Wildman–Crippen MR) is 106 cm³/mol. The van der Waals surface area contributed by atoms with Gasteiger partial charge >= 0.3 is 0 Å². The third-order valence-corrected chi connectivity index (χ3v) is 5.10. The van der Waals surface area contributed by atoms with Gasteiger partial charge in [-0.05, 0) is 42.2 Å². The number of halogens is 1. The number of anilines is 2. The highest BCUT2D eigenvalue weighted by Gasteiger charge is 2.35. The lowest BCUT2D eigenvalue weighted by molar-refractivity contribution is -0.122. The quantitative estimate of drug-likeness (QED) is 0.844. The molecule has 1 aliphatic rings. The summed E-state index contributed by atoms with van der Waals surface area (Å²) in [4.78, 5) is 26.9. The normalized spacial score (nSPS) is 16.8. The number of carbonyl (C=O) groups excluding carboxylic acids is 2. The van der Waals surface area contributed by atoms with Crippen molar-refractivity contribution < 1.29 is 9.59 Å². The lowest BCUT2D eigenvalue weighted by atomic mass is 10.0. The van der Waals surface area contributed by atoms with Gasteiger partial charge < -0.3 is 10.2 Å². The number of hydrogen-bond acceptors (Lipinski definition) is 2. The highest BCUT2D eigenvalue weighted by molar-refractivity contribution is 6.31. The van der Waals surface area contributed by atoms with E-state index in [4.69, 9.17) is 11.6 Å². The number of nitrogens with one attached hydrogen (secondary N) is 1. The van der Waals surface area contributed by atoms with Crippen LogP contribution in [-0.2, 0) is 22.4 Å². The molecule has 2 aromatic carbocycles. The second kappa shape index (κ2) is 7.92. The fourth-order valence-corrected chi connectivity index (χ4v) is 3.59. The Morgan fingerprint density at radius 3 is 2.42 bits per heavy atom. The van der Waals surface area contributed by atoms with E-state index in [1.165, 1.54) is 0 Å². The predicted octanol–water partition coefficient (Wildman–Crippen LogP) is 4.46. The van der Waals surface area contributed by atoms with E-state index < -0.39 is 0 Å². The maximum Gasteiger partial charge on any atom is 0.229 e. The first-order valence-corrected chi connectivity index (χ1v) is 9.38. The van der Waals surface area contributed by atoms with Gasteiger partial charge in [-0.2, -0.15) is 0 Å². The standard InChI is InChI=1S/C21H23ClN2O2/c1-3-14-7-5-8-15(4-2)20(14)23-21(26)16-11-19(25)24(13-16)18-10-6-9-17(22)12-18/h5-10,12,16H,3-4,11,13H2,1-2H3,(H,23,26). The number of aryl methyl sites for hydroxylation is 2. The van der Waals surface area contributed by atoms with Crippen molar-refractivity contribution in [1.29, 1.82) is 0 Å². The summed E-state index contributed by atoms with van der Waals surface area (Å²) in [6, 6.07) is 13.3. The largest absolute Gasteiger partial charge is 0.325 e. The fourth-order valence-electron chi connectivity index (χ4n) is 3.41. The Balaban J connectivity index is 1.77. The first-order valence-electron chi connectivity index (χ1n) is 9.01. The monoisotopic (exact) mass is 370 g/mol. The van der Waals surface area contributed by atoms with Crippen LogP contribution in [0.15, 0.2) is 42.5 Å². The summed E-state index contributed by atoms with van der Waals surface area (Å²) >= 11 is 6.03. The van der Waals surface area contributed by atoms with Crippen molar-refractivity contribution in [2.24, 2.45) is 5.92 Å². The second-order valence-corrected chi connectivity index (χ2v) is 6.97. The Labute approximate surface area is 159 Å². The van der Waals surface area contributed by atoms with Gasteiger partial charge in [0.25, 0.3) is 0 Å². The van der Waals surface area contributed by atoms with Crippen molar-refractivity contribution in [1.82, 2.24) is 0 Å². The molecule has 2 aromatic rings. The molecule has 0 saturated carbocycles. The minimum absolute atomic E-state index is 0.0492. The van der Waals surface area contributed by atoms with E-state index >= 15 is 0 Å². The van der Waals surface area contributed by atoms with Gasteiger partial charge in [0, 0.05) is 29.4 Å². The van der Waals surface area contributed by atoms with Gasteiger partial charge in [-0.1, -0.05) is 49.7 Å². The molecule has 0 bridgehead atoms. The first kappa shape index (κ1) is 18.5. The van der Waals surface area contributed by atoms with Gasteiger partial charge in [-0.25, -0.2) is 0 Å². The molecule has 136 valence electrons. The summed E-state index contributed by atoms with van der Waals surface area (Å²) in [5, 5.41) is 3.66. The van der Waals surface area contributed by atoms with E-state index in [0.29, 0.717) is 11.6 Å². The molecule has 1 atom stereocenters. The van der Waals surface area contributed by atoms with Crippen molar-refractivity contribution in [3.8, 4) is 0 Å². The molecular formula is C21H23ClN2O2. The molecule has 2 amide bonds. The number of rotatable bonds is 5. The molecule has 1 fully saturated rings. The fraction of sp³-hybridized carbons (Fsp3) is 0.333. The molecule has 1 saturated heterocycles. The highest BCUT2D eigenvalue weighted by Crippen LogP contribution is 2.29. The molecule has 0 spiro atoms. The van der Waals surface area contributed by atoms with Gasteiger partial charge in [0.05, 0.1) is 5.92 Å². The van der Waals surface area contributed by atoms with Crippen molar-refractivity contribution >= 4 is 34.8 Å². The minimum Gasteiger partial charge on any atom is -0.325 e. The van der Waals surface area contributed by atoms with Crippen LogP contribution in [0.5, 0.6) is 0 Å². The zero-order valence-electron chi connectivity index (χ0n) is 15.1. The summed E-state index contributed by atoms with van der Waals surface area (Å²) in [6.45, 7) is 4.52. The zero-order chi connectivity index (χ0) is 18.7. The van der Waals surface area contributed by atoms with Crippen molar-refractivity contribution in [2.45, 2.75) is 33.1 Å².